The van der Waals surface area contributed by atoms with Crippen molar-refractivity contribution in [2.45, 2.75) is 12.8 Å². The quantitative estimate of drug-likeness (QED) is 0.798. The minimum atomic E-state index is 0.187. The number of hydrogen-bond donors (Lipinski definition) is 0. The van der Waals surface area contributed by atoms with E-state index in [1.807, 2.05) is 19.0 Å². The van der Waals surface area contributed by atoms with E-state index in [4.69, 9.17) is 16.3 Å². The summed E-state index contributed by atoms with van der Waals surface area (Å²) in [4.78, 5) is 16.5. The van der Waals surface area contributed by atoms with Crippen LogP contribution < -0.4 is 9.64 Å². The number of likely N-dealkylation sites (N-methyl/N-ethyl adjacent to an activating group) is 1. The predicted octanol–water partition coefficient (Wildman–Crippen LogP) is 1.07. The molecule has 0 unspecified atom stereocenters. The summed E-state index contributed by atoms with van der Waals surface area (Å²) < 4.78 is 5.48. The summed E-state index contributed by atoms with van der Waals surface area (Å²) in [7, 11) is 3.97. The fourth-order valence-corrected chi connectivity index (χ4v) is 1.91. The van der Waals surface area contributed by atoms with Gasteiger partial charge < -0.3 is 14.5 Å². The fraction of sp³-hybridized carbons (Fsp3) is 0.727. The first kappa shape index (κ1) is 13.3. The van der Waals surface area contributed by atoms with Crippen molar-refractivity contribution in [1.29, 1.82) is 0 Å². The Labute approximate surface area is 112 Å². The highest BCUT2D eigenvalue weighted by atomic mass is 35.5. The maximum atomic E-state index is 5.89. The van der Waals surface area contributed by atoms with Crippen molar-refractivity contribution in [3.63, 3.8) is 0 Å². The second kappa shape index (κ2) is 6.15. The average molecular weight is 272 g/mol. The van der Waals surface area contributed by atoms with Gasteiger partial charge in [-0.05, 0) is 38.5 Å². The van der Waals surface area contributed by atoms with Crippen LogP contribution in [0.4, 0.5) is 5.95 Å². The molecular formula is C11H18ClN5O. The molecule has 1 aliphatic heterocycles. The molecule has 1 fully saturated rings. The van der Waals surface area contributed by atoms with Crippen molar-refractivity contribution < 1.29 is 4.74 Å². The van der Waals surface area contributed by atoms with E-state index in [1.54, 1.807) is 0 Å². The smallest absolute Gasteiger partial charge is 0.322 e. The van der Waals surface area contributed by atoms with Crippen LogP contribution in [0.2, 0.25) is 5.28 Å². The van der Waals surface area contributed by atoms with E-state index in [0.29, 0.717) is 18.6 Å². The van der Waals surface area contributed by atoms with Gasteiger partial charge in [0.1, 0.15) is 6.61 Å². The Morgan fingerprint density at radius 3 is 2.61 bits per heavy atom. The lowest BCUT2D eigenvalue weighted by Crippen LogP contribution is -2.22. The van der Waals surface area contributed by atoms with Crippen LogP contribution in [0.25, 0.3) is 0 Å². The Hall–Kier alpha value is -1.14. The molecule has 0 amide bonds. The van der Waals surface area contributed by atoms with Gasteiger partial charge in [0.15, 0.2) is 0 Å². The van der Waals surface area contributed by atoms with E-state index in [1.165, 1.54) is 12.8 Å². The van der Waals surface area contributed by atoms with E-state index in [-0.39, 0.29) is 5.28 Å². The van der Waals surface area contributed by atoms with E-state index < -0.39 is 0 Å². The van der Waals surface area contributed by atoms with Gasteiger partial charge in [-0.1, -0.05) is 0 Å². The molecule has 0 aliphatic carbocycles. The van der Waals surface area contributed by atoms with Crippen molar-refractivity contribution in [1.82, 2.24) is 19.9 Å². The number of halogens is 1. The Bertz CT molecular complexity index is 395. The third-order valence-corrected chi connectivity index (χ3v) is 2.90. The van der Waals surface area contributed by atoms with Crippen molar-refractivity contribution in [3.8, 4) is 6.01 Å². The topological polar surface area (TPSA) is 54.4 Å². The van der Waals surface area contributed by atoms with Crippen molar-refractivity contribution in [2.24, 2.45) is 0 Å². The zero-order chi connectivity index (χ0) is 13.0. The molecule has 0 bridgehead atoms. The van der Waals surface area contributed by atoms with Gasteiger partial charge >= 0.3 is 6.01 Å². The number of rotatable bonds is 5. The average Bonchev–Trinajstić information content (AvgIpc) is 2.81. The maximum absolute atomic E-state index is 5.89. The summed E-state index contributed by atoms with van der Waals surface area (Å²) in [6, 6.07) is 0.304. The van der Waals surface area contributed by atoms with Crippen LogP contribution in [0.3, 0.4) is 0 Å². The Morgan fingerprint density at radius 2 is 1.94 bits per heavy atom. The molecule has 2 heterocycles. The SMILES string of the molecule is CN(C)CCOc1nc(Cl)nc(N2CCCC2)n1. The van der Waals surface area contributed by atoms with Gasteiger partial charge in [0, 0.05) is 19.6 Å². The van der Waals surface area contributed by atoms with Crippen LogP contribution in [-0.4, -0.2) is 60.2 Å². The molecule has 1 aromatic rings. The number of ether oxygens (including phenoxy) is 1. The van der Waals surface area contributed by atoms with E-state index in [9.17, 15) is 0 Å². The van der Waals surface area contributed by atoms with Crippen molar-refractivity contribution in [3.05, 3.63) is 5.28 Å². The Morgan fingerprint density at radius 1 is 1.22 bits per heavy atom. The minimum Gasteiger partial charge on any atom is -0.462 e. The van der Waals surface area contributed by atoms with Gasteiger partial charge in [-0.15, -0.1) is 0 Å². The summed E-state index contributed by atoms with van der Waals surface area (Å²) in [5.41, 5.74) is 0. The summed E-state index contributed by atoms with van der Waals surface area (Å²) >= 11 is 5.89. The number of hydrogen-bond acceptors (Lipinski definition) is 6. The number of nitrogens with zero attached hydrogens (tertiary/aromatic N) is 5. The number of anilines is 1. The normalized spacial score (nSPS) is 15.4. The highest BCUT2D eigenvalue weighted by molar-refractivity contribution is 6.28. The highest BCUT2D eigenvalue weighted by Crippen LogP contribution is 2.19. The van der Waals surface area contributed by atoms with Crippen LogP contribution in [0.5, 0.6) is 6.01 Å². The molecule has 18 heavy (non-hydrogen) atoms. The van der Waals surface area contributed by atoms with E-state index in [0.717, 1.165) is 19.6 Å². The predicted molar refractivity (Wildman–Crippen MR) is 70.3 cm³/mol. The molecule has 0 N–H and O–H groups in total. The molecule has 0 atom stereocenters. The second-order valence-electron chi connectivity index (χ2n) is 4.53. The zero-order valence-corrected chi connectivity index (χ0v) is 11.5. The zero-order valence-electron chi connectivity index (χ0n) is 10.8. The molecule has 100 valence electrons. The molecule has 7 heteroatoms. The number of aromatic nitrogens is 3. The van der Waals surface area contributed by atoms with Crippen molar-refractivity contribution >= 4 is 17.5 Å². The third kappa shape index (κ3) is 3.68. The minimum absolute atomic E-state index is 0.187. The lowest BCUT2D eigenvalue weighted by molar-refractivity contribution is 0.245. The molecule has 0 aromatic carbocycles. The van der Waals surface area contributed by atoms with Gasteiger partial charge in [0.25, 0.3) is 0 Å². The van der Waals surface area contributed by atoms with Crippen LogP contribution in [0, 0.1) is 0 Å². The molecule has 1 saturated heterocycles. The third-order valence-electron chi connectivity index (χ3n) is 2.73. The first-order valence-corrected chi connectivity index (χ1v) is 6.47. The van der Waals surface area contributed by atoms with Crippen LogP contribution in [0.1, 0.15) is 12.8 Å². The molecule has 0 saturated carbocycles. The first-order valence-electron chi connectivity index (χ1n) is 6.09. The van der Waals surface area contributed by atoms with Gasteiger partial charge in [0.2, 0.25) is 11.2 Å². The maximum Gasteiger partial charge on any atom is 0.322 e. The summed E-state index contributed by atoms with van der Waals surface area (Å²) in [5, 5.41) is 0.187. The molecule has 2 rings (SSSR count). The highest BCUT2D eigenvalue weighted by Gasteiger charge is 2.17. The summed E-state index contributed by atoms with van der Waals surface area (Å²) in [6.07, 6.45) is 2.33. The largest absolute Gasteiger partial charge is 0.462 e. The molecule has 0 radical (unpaired) electrons. The van der Waals surface area contributed by atoms with E-state index >= 15 is 0 Å². The monoisotopic (exact) mass is 271 g/mol. The second-order valence-corrected chi connectivity index (χ2v) is 4.87. The Balaban J connectivity index is 2.01. The molecule has 6 nitrogen and oxygen atoms in total. The Kier molecular flexibility index (Phi) is 4.54. The molecule has 1 aromatic heterocycles. The lowest BCUT2D eigenvalue weighted by atomic mass is 10.4. The fourth-order valence-electron chi connectivity index (χ4n) is 1.76. The van der Waals surface area contributed by atoms with Crippen LogP contribution in [0.15, 0.2) is 0 Å². The molecule has 1 aliphatic rings. The van der Waals surface area contributed by atoms with Gasteiger partial charge in [0.05, 0.1) is 0 Å². The lowest BCUT2D eigenvalue weighted by Gasteiger charge is -2.15. The summed E-state index contributed by atoms with van der Waals surface area (Å²) in [6.45, 7) is 3.28. The molecule has 0 spiro atoms. The van der Waals surface area contributed by atoms with Crippen molar-refractivity contribution in [2.75, 3.05) is 45.2 Å². The van der Waals surface area contributed by atoms with Crippen LogP contribution >= 0.6 is 11.6 Å². The van der Waals surface area contributed by atoms with Crippen LogP contribution in [-0.2, 0) is 0 Å². The van der Waals surface area contributed by atoms with Gasteiger partial charge in [-0.2, -0.15) is 15.0 Å². The standard InChI is InChI=1S/C11H18ClN5O/c1-16(2)7-8-18-11-14-9(12)13-10(15-11)17-5-3-4-6-17/h3-8H2,1-2H3. The summed E-state index contributed by atoms with van der Waals surface area (Å²) in [5.74, 6) is 0.618. The van der Waals surface area contributed by atoms with Gasteiger partial charge in [-0.25, -0.2) is 0 Å². The van der Waals surface area contributed by atoms with Gasteiger partial charge in [-0.3, -0.25) is 0 Å². The molecular weight excluding hydrogens is 254 g/mol. The first-order chi connectivity index (χ1) is 8.65. The van der Waals surface area contributed by atoms with E-state index in [2.05, 4.69) is 19.9 Å².